The molecule has 4 aromatic rings. The molecule has 6 nitrogen and oxygen atoms in total. The van der Waals surface area contributed by atoms with Crippen molar-refractivity contribution >= 4 is 17.2 Å². The normalized spacial score (nSPS) is 11.7. The van der Waals surface area contributed by atoms with E-state index in [1.165, 1.54) is 0 Å². The number of anilines is 1. The number of rotatable bonds is 4. The van der Waals surface area contributed by atoms with Crippen LogP contribution < -0.4 is 5.32 Å². The quantitative estimate of drug-likeness (QED) is 0.590. The van der Waals surface area contributed by atoms with Gasteiger partial charge in [-0.2, -0.15) is 9.50 Å². The van der Waals surface area contributed by atoms with E-state index in [0.717, 1.165) is 33.9 Å². The Balaban J connectivity index is 2.05. The zero-order valence-corrected chi connectivity index (χ0v) is 15.5. The van der Waals surface area contributed by atoms with E-state index in [2.05, 4.69) is 45.5 Å². The number of benzene rings is 1. The van der Waals surface area contributed by atoms with E-state index in [-0.39, 0.29) is 0 Å². The van der Waals surface area contributed by atoms with Gasteiger partial charge in [-0.3, -0.25) is 4.98 Å². The predicted octanol–water partition coefficient (Wildman–Crippen LogP) is 4.32. The highest BCUT2D eigenvalue weighted by molar-refractivity contribution is 5.87. The van der Waals surface area contributed by atoms with Crippen LogP contribution >= 0.6 is 0 Å². The third kappa shape index (κ3) is 2.95. The maximum absolute atomic E-state index is 4.83. The van der Waals surface area contributed by atoms with E-state index < -0.39 is 0 Å². The van der Waals surface area contributed by atoms with Crippen LogP contribution in [0.4, 0.5) is 5.82 Å². The lowest BCUT2D eigenvalue weighted by atomic mass is 10.0. The first kappa shape index (κ1) is 16.9. The molecule has 0 unspecified atom stereocenters. The number of nitrogens with one attached hydrogen (secondary N) is 1. The van der Waals surface area contributed by atoms with Crippen molar-refractivity contribution in [3.63, 3.8) is 0 Å². The predicted molar refractivity (Wildman–Crippen MR) is 108 cm³/mol. The number of pyridine rings is 1. The van der Waals surface area contributed by atoms with Crippen LogP contribution in [0.25, 0.3) is 34.0 Å². The molecule has 0 amide bonds. The molecule has 0 aliphatic heterocycles. The van der Waals surface area contributed by atoms with E-state index >= 15 is 0 Å². The molecule has 6 heteroatoms. The highest BCUT2D eigenvalue weighted by atomic mass is 15.4. The van der Waals surface area contributed by atoms with Crippen molar-refractivity contribution in [1.82, 2.24) is 24.6 Å². The Bertz CT molecular complexity index is 1110. The van der Waals surface area contributed by atoms with Gasteiger partial charge in [-0.05, 0) is 37.1 Å². The second kappa shape index (κ2) is 6.99. The van der Waals surface area contributed by atoms with Gasteiger partial charge in [-0.15, -0.1) is 5.10 Å². The summed E-state index contributed by atoms with van der Waals surface area (Å²) in [5.41, 5.74) is 4.76. The third-order valence-electron chi connectivity index (χ3n) is 4.49. The molecule has 0 saturated carbocycles. The van der Waals surface area contributed by atoms with Crippen LogP contribution in [0.5, 0.6) is 0 Å². The summed E-state index contributed by atoms with van der Waals surface area (Å²) in [6.07, 6.45) is 3.79. The van der Waals surface area contributed by atoms with Gasteiger partial charge in [-0.25, -0.2) is 4.98 Å². The molecular formula is C21H20N6. The summed E-state index contributed by atoms with van der Waals surface area (Å²) in [6, 6.07) is 15.9. The number of hydrogen-bond acceptors (Lipinski definition) is 5. The lowest BCUT2D eigenvalue weighted by molar-refractivity contribution is 0.942. The molecule has 0 fully saturated rings. The average Bonchev–Trinajstić information content (AvgIpc) is 3.17. The highest BCUT2D eigenvalue weighted by Gasteiger charge is 2.20. The monoisotopic (exact) mass is 356 g/mol. The van der Waals surface area contributed by atoms with E-state index in [4.69, 9.17) is 4.98 Å². The summed E-state index contributed by atoms with van der Waals surface area (Å²) in [5, 5.41) is 7.96. The maximum atomic E-state index is 4.83. The van der Waals surface area contributed by atoms with Crippen LogP contribution in [-0.4, -0.2) is 31.6 Å². The number of hydrogen-bond donors (Lipinski definition) is 1. The third-order valence-corrected chi connectivity index (χ3v) is 4.49. The zero-order chi connectivity index (χ0) is 18.8. The molecule has 0 radical (unpaired) electrons. The van der Waals surface area contributed by atoms with Crippen molar-refractivity contribution < 1.29 is 0 Å². The molecule has 0 saturated heterocycles. The van der Waals surface area contributed by atoms with Crippen molar-refractivity contribution in [2.75, 3.05) is 12.4 Å². The van der Waals surface area contributed by atoms with Crippen LogP contribution in [0.3, 0.4) is 0 Å². The first-order valence-electron chi connectivity index (χ1n) is 8.81. The topological polar surface area (TPSA) is 68.0 Å². The van der Waals surface area contributed by atoms with Crippen LogP contribution in [0.1, 0.15) is 19.5 Å². The van der Waals surface area contributed by atoms with Gasteiger partial charge in [0.1, 0.15) is 11.5 Å². The molecule has 1 aromatic carbocycles. The molecule has 0 aliphatic carbocycles. The standard InChI is InChI=1S/C21H20N6/c1-4-14(2)18-17(15-10-6-5-7-11-15)20(22-3)27-21(24-18)25-19(26-27)16-12-8-9-13-23-16/h4-13,22H,1-3H3/b14-4+. The van der Waals surface area contributed by atoms with Gasteiger partial charge in [0.25, 0.3) is 5.78 Å². The summed E-state index contributed by atoms with van der Waals surface area (Å²) in [4.78, 5) is 13.8. The maximum Gasteiger partial charge on any atom is 0.255 e. The first-order valence-corrected chi connectivity index (χ1v) is 8.81. The molecule has 3 aromatic heterocycles. The summed E-state index contributed by atoms with van der Waals surface area (Å²) in [5.74, 6) is 1.93. The molecule has 27 heavy (non-hydrogen) atoms. The Morgan fingerprint density at radius 3 is 2.48 bits per heavy atom. The van der Waals surface area contributed by atoms with Crippen molar-refractivity contribution in [3.05, 3.63) is 66.5 Å². The largest absolute Gasteiger partial charge is 0.372 e. The van der Waals surface area contributed by atoms with Crippen molar-refractivity contribution in [3.8, 4) is 22.6 Å². The Hall–Kier alpha value is -3.54. The fraction of sp³-hybridized carbons (Fsp3) is 0.143. The Labute approximate surface area is 157 Å². The molecule has 134 valence electrons. The van der Waals surface area contributed by atoms with E-state index in [1.807, 2.05) is 50.4 Å². The van der Waals surface area contributed by atoms with Crippen LogP contribution in [0.2, 0.25) is 0 Å². The van der Waals surface area contributed by atoms with Crippen molar-refractivity contribution in [1.29, 1.82) is 0 Å². The van der Waals surface area contributed by atoms with Crippen molar-refractivity contribution in [2.45, 2.75) is 13.8 Å². The van der Waals surface area contributed by atoms with E-state index in [0.29, 0.717) is 11.6 Å². The summed E-state index contributed by atoms with van der Waals surface area (Å²) in [7, 11) is 1.89. The van der Waals surface area contributed by atoms with Crippen LogP contribution in [0, 0.1) is 0 Å². The van der Waals surface area contributed by atoms with Gasteiger partial charge >= 0.3 is 0 Å². The number of fused-ring (bicyclic) bond motifs is 1. The van der Waals surface area contributed by atoms with Gasteiger partial charge in [0.05, 0.1) is 11.3 Å². The Kier molecular flexibility index (Phi) is 4.38. The highest BCUT2D eigenvalue weighted by Crippen LogP contribution is 2.34. The van der Waals surface area contributed by atoms with E-state index in [1.54, 1.807) is 10.7 Å². The summed E-state index contributed by atoms with van der Waals surface area (Å²) in [6.45, 7) is 4.07. The second-order valence-corrected chi connectivity index (χ2v) is 6.13. The van der Waals surface area contributed by atoms with Crippen LogP contribution in [-0.2, 0) is 0 Å². The number of nitrogens with zero attached hydrogens (tertiary/aromatic N) is 5. The molecule has 0 aliphatic rings. The first-order chi connectivity index (χ1) is 13.2. The minimum Gasteiger partial charge on any atom is -0.372 e. The fourth-order valence-corrected chi connectivity index (χ4v) is 3.03. The number of aromatic nitrogens is 5. The molecule has 0 bridgehead atoms. The molecule has 4 rings (SSSR count). The SMILES string of the molecule is C/C=C(\C)c1nc2nc(-c3ccccn3)nn2c(NC)c1-c1ccccc1. The molecule has 0 spiro atoms. The fourth-order valence-electron chi connectivity index (χ4n) is 3.03. The lowest BCUT2D eigenvalue weighted by Gasteiger charge is -2.15. The Morgan fingerprint density at radius 2 is 1.81 bits per heavy atom. The van der Waals surface area contributed by atoms with Gasteiger partial charge in [-0.1, -0.05) is 42.5 Å². The summed E-state index contributed by atoms with van der Waals surface area (Å²) >= 11 is 0. The molecule has 3 heterocycles. The summed E-state index contributed by atoms with van der Waals surface area (Å²) < 4.78 is 1.75. The minimum absolute atomic E-state index is 0.538. The second-order valence-electron chi connectivity index (χ2n) is 6.13. The lowest BCUT2D eigenvalue weighted by Crippen LogP contribution is -2.07. The smallest absolute Gasteiger partial charge is 0.255 e. The Morgan fingerprint density at radius 1 is 1.04 bits per heavy atom. The van der Waals surface area contributed by atoms with Crippen LogP contribution in [0.15, 0.2) is 60.8 Å². The van der Waals surface area contributed by atoms with Gasteiger partial charge in [0.15, 0.2) is 0 Å². The average molecular weight is 356 g/mol. The van der Waals surface area contributed by atoms with Gasteiger partial charge < -0.3 is 5.32 Å². The minimum atomic E-state index is 0.538. The van der Waals surface area contributed by atoms with Crippen molar-refractivity contribution in [2.24, 2.45) is 0 Å². The van der Waals surface area contributed by atoms with E-state index in [9.17, 15) is 0 Å². The van der Waals surface area contributed by atoms with Gasteiger partial charge in [0.2, 0.25) is 5.82 Å². The van der Waals surface area contributed by atoms with Gasteiger partial charge in [0, 0.05) is 13.2 Å². The molecule has 0 atom stereocenters. The molecular weight excluding hydrogens is 336 g/mol. The zero-order valence-electron chi connectivity index (χ0n) is 15.5. The number of allylic oxidation sites excluding steroid dienone is 2. The molecule has 1 N–H and O–H groups in total.